The number of aliphatic carboxylic acids is 1. The molecule has 0 aliphatic rings. The highest BCUT2D eigenvalue weighted by Gasteiger charge is 2.35. The molecule has 0 spiro atoms. The minimum Gasteiger partial charge on any atom is -0.508 e. The molecule has 16 heavy (non-hydrogen) atoms. The number of fused-ring (bicyclic) bond motifs is 1. The van der Waals surface area contributed by atoms with Crippen molar-refractivity contribution in [3.63, 3.8) is 0 Å². The van der Waals surface area contributed by atoms with E-state index in [0.29, 0.717) is 10.9 Å². The monoisotopic (exact) mass is 221 g/mol. The summed E-state index contributed by atoms with van der Waals surface area (Å²) in [7, 11) is 0. The van der Waals surface area contributed by atoms with Crippen molar-refractivity contribution in [3.05, 3.63) is 24.0 Å². The average molecular weight is 221 g/mol. The molecule has 0 bridgehead atoms. The van der Waals surface area contributed by atoms with Gasteiger partial charge in [0, 0.05) is 5.39 Å². The number of nitrogens with zero attached hydrogens (tertiary/aromatic N) is 1. The Morgan fingerprint density at radius 1 is 1.44 bits per heavy atom. The van der Waals surface area contributed by atoms with Gasteiger partial charge in [0.05, 0.1) is 0 Å². The molecule has 0 fully saturated rings. The molecule has 0 amide bonds. The molecule has 0 atom stereocenters. The summed E-state index contributed by atoms with van der Waals surface area (Å²) in [5, 5.41) is 22.7. The number of carboxylic acids is 1. The highest BCUT2D eigenvalue weighted by Crippen LogP contribution is 2.32. The van der Waals surface area contributed by atoms with Crippen LogP contribution in [0.4, 0.5) is 0 Å². The molecule has 0 radical (unpaired) electrons. The maximum atomic E-state index is 11.1. The third-order valence-corrected chi connectivity index (χ3v) is 2.56. The molecule has 0 aliphatic heterocycles. The second-order valence-corrected chi connectivity index (χ2v) is 4.14. The molecule has 2 aromatic rings. The zero-order chi connectivity index (χ0) is 11.9. The predicted octanol–water partition coefficient (Wildman–Crippen LogP) is 1.90. The van der Waals surface area contributed by atoms with Crippen LogP contribution in [0.5, 0.6) is 5.75 Å². The Labute approximate surface area is 91.3 Å². The lowest BCUT2D eigenvalue weighted by molar-refractivity contribution is -0.143. The number of rotatable bonds is 2. The number of aromatic hydroxyl groups is 1. The fourth-order valence-corrected chi connectivity index (χ4v) is 1.48. The van der Waals surface area contributed by atoms with Crippen LogP contribution in [0.15, 0.2) is 22.7 Å². The van der Waals surface area contributed by atoms with Gasteiger partial charge >= 0.3 is 5.97 Å². The first kappa shape index (κ1) is 10.5. The Hall–Kier alpha value is -2.04. The van der Waals surface area contributed by atoms with Crippen LogP contribution < -0.4 is 0 Å². The normalized spacial score (nSPS) is 11.9. The summed E-state index contributed by atoms with van der Waals surface area (Å²) in [5.74, 6) is -0.710. The van der Waals surface area contributed by atoms with E-state index in [4.69, 9.17) is 9.63 Å². The Kier molecular flexibility index (Phi) is 2.11. The maximum Gasteiger partial charge on any atom is 0.316 e. The Morgan fingerprint density at radius 3 is 2.75 bits per heavy atom. The Bertz CT molecular complexity index is 556. The summed E-state index contributed by atoms with van der Waals surface area (Å²) in [4.78, 5) is 11.1. The number of carbonyl (C=O) groups is 1. The molecule has 2 rings (SSSR count). The van der Waals surface area contributed by atoms with Crippen molar-refractivity contribution in [1.82, 2.24) is 5.16 Å². The molecule has 5 heteroatoms. The van der Waals surface area contributed by atoms with Gasteiger partial charge in [0.1, 0.15) is 16.7 Å². The van der Waals surface area contributed by atoms with Crippen LogP contribution in [0.2, 0.25) is 0 Å². The van der Waals surface area contributed by atoms with Crippen LogP contribution in [0.25, 0.3) is 10.9 Å². The van der Waals surface area contributed by atoms with E-state index in [1.165, 1.54) is 26.0 Å². The number of hydrogen-bond acceptors (Lipinski definition) is 4. The second kappa shape index (κ2) is 3.23. The summed E-state index contributed by atoms with van der Waals surface area (Å²) < 4.78 is 5.05. The van der Waals surface area contributed by atoms with E-state index < -0.39 is 11.4 Å². The lowest BCUT2D eigenvalue weighted by Crippen LogP contribution is -2.28. The van der Waals surface area contributed by atoms with Gasteiger partial charge in [0.25, 0.3) is 0 Å². The van der Waals surface area contributed by atoms with Gasteiger partial charge in [-0.1, -0.05) is 5.16 Å². The maximum absolute atomic E-state index is 11.1. The standard InChI is InChI=1S/C11H11NO4/c1-11(2,10(14)15)9-7-5-6(13)3-4-8(7)12-16-9/h3-5,13H,1-2H3,(H,14,15). The van der Waals surface area contributed by atoms with Gasteiger partial charge in [-0.05, 0) is 32.0 Å². The third kappa shape index (κ3) is 1.41. The molecule has 84 valence electrons. The van der Waals surface area contributed by atoms with Crippen LogP contribution in [0.1, 0.15) is 19.6 Å². The van der Waals surface area contributed by atoms with Crippen molar-refractivity contribution in [2.24, 2.45) is 0 Å². The molecule has 0 unspecified atom stereocenters. The fraction of sp³-hybridized carbons (Fsp3) is 0.273. The van der Waals surface area contributed by atoms with E-state index in [2.05, 4.69) is 5.16 Å². The van der Waals surface area contributed by atoms with E-state index >= 15 is 0 Å². The van der Waals surface area contributed by atoms with E-state index in [1.807, 2.05) is 0 Å². The largest absolute Gasteiger partial charge is 0.508 e. The third-order valence-electron chi connectivity index (χ3n) is 2.56. The van der Waals surface area contributed by atoms with Crippen molar-refractivity contribution in [2.45, 2.75) is 19.3 Å². The Morgan fingerprint density at radius 2 is 2.12 bits per heavy atom. The molecule has 0 saturated carbocycles. The van der Waals surface area contributed by atoms with Gasteiger partial charge in [-0.15, -0.1) is 0 Å². The van der Waals surface area contributed by atoms with Crippen LogP contribution >= 0.6 is 0 Å². The van der Waals surface area contributed by atoms with E-state index in [9.17, 15) is 9.90 Å². The first-order valence-electron chi connectivity index (χ1n) is 4.75. The minimum atomic E-state index is -1.18. The Balaban J connectivity index is 2.70. The summed E-state index contributed by atoms with van der Waals surface area (Å²) in [6.45, 7) is 3.05. The van der Waals surface area contributed by atoms with Crippen LogP contribution in [0, 0.1) is 0 Å². The topological polar surface area (TPSA) is 83.6 Å². The van der Waals surface area contributed by atoms with Gasteiger partial charge in [-0.3, -0.25) is 4.79 Å². The zero-order valence-electron chi connectivity index (χ0n) is 8.89. The smallest absolute Gasteiger partial charge is 0.316 e. The minimum absolute atomic E-state index is 0.0538. The molecular weight excluding hydrogens is 210 g/mol. The van der Waals surface area contributed by atoms with Crippen molar-refractivity contribution >= 4 is 16.9 Å². The first-order chi connectivity index (χ1) is 7.43. The lowest BCUT2D eigenvalue weighted by Gasteiger charge is -2.15. The summed E-state index contributed by atoms with van der Waals surface area (Å²) >= 11 is 0. The van der Waals surface area contributed by atoms with Gasteiger partial charge in [0.2, 0.25) is 0 Å². The highest BCUT2D eigenvalue weighted by atomic mass is 16.5. The van der Waals surface area contributed by atoms with Crippen LogP contribution in [-0.2, 0) is 10.2 Å². The second-order valence-electron chi connectivity index (χ2n) is 4.14. The number of phenols is 1. The van der Waals surface area contributed by atoms with E-state index in [1.54, 1.807) is 6.07 Å². The predicted molar refractivity (Wildman–Crippen MR) is 56.3 cm³/mol. The SMILES string of the molecule is CC(C)(C(=O)O)c1onc2ccc(O)cc12. The average Bonchev–Trinajstić information content (AvgIpc) is 2.60. The van der Waals surface area contributed by atoms with Crippen LogP contribution in [0.3, 0.4) is 0 Å². The van der Waals surface area contributed by atoms with Gasteiger partial charge in [-0.25, -0.2) is 0 Å². The molecule has 0 saturated heterocycles. The summed E-state index contributed by atoms with van der Waals surface area (Å²) in [6, 6.07) is 4.50. The molecule has 1 aromatic carbocycles. The van der Waals surface area contributed by atoms with Crippen LogP contribution in [-0.4, -0.2) is 21.3 Å². The molecule has 2 N–H and O–H groups in total. The molecule has 1 heterocycles. The molecule has 0 aliphatic carbocycles. The van der Waals surface area contributed by atoms with Crippen molar-refractivity contribution in [2.75, 3.05) is 0 Å². The number of hydrogen-bond donors (Lipinski definition) is 2. The fourth-order valence-electron chi connectivity index (χ4n) is 1.48. The molecular formula is C11H11NO4. The highest BCUT2D eigenvalue weighted by molar-refractivity contribution is 5.89. The quantitative estimate of drug-likeness (QED) is 0.809. The summed E-state index contributed by atoms with van der Waals surface area (Å²) in [5.41, 5.74) is -0.648. The molecule has 5 nitrogen and oxygen atoms in total. The van der Waals surface area contributed by atoms with Gasteiger partial charge < -0.3 is 14.7 Å². The number of aromatic nitrogens is 1. The van der Waals surface area contributed by atoms with Crippen molar-refractivity contribution in [3.8, 4) is 5.75 Å². The number of carboxylic acid groups (broad SMARTS) is 1. The van der Waals surface area contributed by atoms with Crippen molar-refractivity contribution in [1.29, 1.82) is 0 Å². The van der Waals surface area contributed by atoms with E-state index in [-0.39, 0.29) is 11.5 Å². The molecule has 1 aromatic heterocycles. The van der Waals surface area contributed by atoms with Gasteiger partial charge in [-0.2, -0.15) is 0 Å². The summed E-state index contributed by atoms with van der Waals surface area (Å²) in [6.07, 6.45) is 0. The van der Waals surface area contributed by atoms with Crippen molar-refractivity contribution < 1.29 is 19.5 Å². The van der Waals surface area contributed by atoms with E-state index in [0.717, 1.165) is 0 Å². The van der Waals surface area contributed by atoms with Gasteiger partial charge in [0.15, 0.2) is 5.76 Å². The number of benzene rings is 1. The lowest BCUT2D eigenvalue weighted by atomic mass is 9.88. The zero-order valence-corrected chi connectivity index (χ0v) is 8.89. The number of phenolic OH excluding ortho intramolecular Hbond substituents is 1. The first-order valence-corrected chi connectivity index (χ1v) is 4.75.